The van der Waals surface area contributed by atoms with Gasteiger partial charge in [0.2, 0.25) is 5.89 Å². The molecule has 98 valence electrons. The van der Waals surface area contributed by atoms with Crippen molar-refractivity contribution < 1.29 is 4.42 Å². The molecule has 0 fully saturated rings. The van der Waals surface area contributed by atoms with Crippen LogP contribution in [0.25, 0.3) is 17.0 Å². The Labute approximate surface area is 115 Å². The first kappa shape index (κ1) is 12.2. The summed E-state index contributed by atoms with van der Waals surface area (Å²) in [6, 6.07) is 0. The van der Waals surface area contributed by atoms with Crippen molar-refractivity contribution in [3.05, 3.63) is 35.2 Å². The molecule has 6 heteroatoms. The van der Waals surface area contributed by atoms with Gasteiger partial charge in [0.15, 0.2) is 5.15 Å². The Bertz CT molecular complexity index is 744. The van der Waals surface area contributed by atoms with Crippen molar-refractivity contribution in [2.45, 2.75) is 26.7 Å². The average Bonchev–Trinajstić information content (AvgIpc) is 2.92. The molecule has 3 rings (SSSR count). The Kier molecular flexibility index (Phi) is 2.78. The molecule has 0 aromatic carbocycles. The van der Waals surface area contributed by atoms with Crippen LogP contribution in [0.3, 0.4) is 0 Å². The maximum Gasteiger partial charge on any atom is 0.228 e. The van der Waals surface area contributed by atoms with Crippen molar-refractivity contribution in [3.8, 4) is 11.5 Å². The summed E-state index contributed by atoms with van der Waals surface area (Å²) < 4.78 is 7.34. The summed E-state index contributed by atoms with van der Waals surface area (Å²) >= 11 is 6.19. The zero-order chi connectivity index (χ0) is 13.6. The Hall–Kier alpha value is -1.88. The van der Waals surface area contributed by atoms with E-state index in [1.807, 2.05) is 13.1 Å². The van der Waals surface area contributed by atoms with Crippen molar-refractivity contribution in [2.24, 2.45) is 0 Å². The molecule has 0 saturated carbocycles. The first-order valence-corrected chi connectivity index (χ1v) is 6.40. The van der Waals surface area contributed by atoms with Gasteiger partial charge in [-0.1, -0.05) is 25.4 Å². The Morgan fingerprint density at radius 2 is 2.11 bits per heavy atom. The van der Waals surface area contributed by atoms with Crippen LogP contribution in [0.2, 0.25) is 5.15 Å². The van der Waals surface area contributed by atoms with Gasteiger partial charge in [-0.3, -0.25) is 0 Å². The standard InChI is InChI=1S/C13H13ClN4O/c1-7(2)10-9(13-15-4-8(3)19-13)5-18-11(10)12(14)16-6-17-18/h4-7H,1-3H3. The second-order valence-electron chi connectivity index (χ2n) is 4.73. The van der Waals surface area contributed by atoms with E-state index in [9.17, 15) is 0 Å². The predicted octanol–water partition coefficient (Wildman–Crippen LogP) is 3.47. The maximum atomic E-state index is 6.19. The van der Waals surface area contributed by atoms with Gasteiger partial charge in [-0.2, -0.15) is 5.10 Å². The molecule has 19 heavy (non-hydrogen) atoms. The van der Waals surface area contributed by atoms with Crippen LogP contribution in [0.4, 0.5) is 0 Å². The molecule has 3 heterocycles. The molecule has 0 amide bonds. The number of aromatic nitrogens is 4. The summed E-state index contributed by atoms with van der Waals surface area (Å²) in [5, 5.41) is 4.63. The van der Waals surface area contributed by atoms with Gasteiger partial charge in [-0.05, 0) is 18.4 Å². The maximum absolute atomic E-state index is 6.19. The summed E-state index contributed by atoms with van der Waals surface area (Å²) in [5.41, 5.74) is 2.77. The minimum absolute atomic E-state index is 0.260. The monoisotopic (exact) mass is 276 g/mol. The number of nitrogens with zero attached hydrogens (tertiary/aromatic N) is 4. The van der Waals surface area contributed by atoms with Crippen molar-refractivity contribution in [2.75, 3.05) is 0 Å². The lowest BCUT2D eigenvalue weighted by atomic mass is 10.0. The Morgan fingerprint density at radius 1 is 1.32 bits per heavy atom. The molecule has 3 aromatic heterocycles. The van der Waals surface area contributed by atoms with Gasteiger partial charge in [-0.15, -0.1) is 0 Å². The number of rotatable bonds is 2. The number of hydrogen-bond acceptors (Lipinski definition) is 4. The second-order valence-corrected chi connectivity index (χ2v) is 5.09. The fourth-order valence-electron chi connectivity index (χ4n) is 2.23. The molecule has 0 aliphatic rings. The van der Waals surface area contributed by atoms with Crippen molar-refractivity contribution in [1.29, 1.82) is 0 Å². The highest BCUT2D eigenvalue weighted by atomic mass is 35.5. The largest absolute Gasteiger partial charge is 0.441 e. The fourth-order valence-corrected chi connectivity index (χ4v) is 2.46. The molecule has 0 aliphatic carbocycles. The first-order valence-electron chi connectivity index (χ1n) is 6.02. The highest BCUT2D eigenvalue weighted by Crippen LogP contribution is 2.35. The predicted molar refractivity (Wildman–Crippen MR) is 72.3 cm³/mol. The van der Waals surface area contributed by atoms with Crippen LogP contribution in [-0.4, -0.2) is 19.6 Å². The lowest BCUT2D eigenvalue weighted by Gasteiger charge is -2.06. The van der Waals surface area contributed by atoms with Gasteiger partial charge in [0.05, 0.1) is 11.8 Å². The van der Waals surface area contributed by atoms with Crippen LogP contribution in [0, 0.1) is 6.92 Å². The van der Waals surface area contributed by atoms with Crippen LogP contribution in [0.1, 0.15) is 31.1 Å². The second kappa shape index (κ2) is 4.35. The smallest absolute Gasteiger partial charge is 0.228 e. The molecule has 0 atom stereocenters. The lowest BCUT2D eigenvalue weighted by Crippen LogP contribution is -1.95. The molecule has 5 nitrogen and oxygen atoms in total. The number of oxazole rings is 1. The van der Waals surface area contributed by atoms with E-state index in [0.717, 1.165) is 22.4 Å². The van der Waals surface area contributed by atoms with Crippen molar-refractivity contribution in [3.63, 3.8) is 0 Å². The molecular formula is C13H13ClN4O. The lowest BCUT2D eigenvalue weighted by molar-refractivity contribution is 0.541. The van der Waals surface area contributed by atoms with Gasteiger partial charge in [0.25, 0.3) is 0 Å². The molecule has 0 radical (unpaired) electrons. The van der Waals surface area contributed by atoms with E-state index in [1.165, 1.54) is 6.33 Å². The molecule has 0 bridgehead atoms. The molecule has 0 unspecified atom stereocenters. The first-order chi connectivity index (χ1) is 9.08. The molecule has 0 saturated heterocycles. The molecule has 3 aromatic rings. The van der Waals surface area contributed by atoms with Gasteiger partial charge in [-0.25, -0.2) is 14.5 Å². The van der Waals surface area contributed by atoms with Crippen LogP contribution < -0.4 is 0 Å². The van der Waals surface area contributed by atoms with Gasteiger partial charge in [0.1, 0.15) is 17.6 Å². The third kappa shape index (κ3) is 1.90. The third-order valence-electron chi connectivity index (χ3n) is 3.00. The minimum Gasteiger partial charge on any atom is -0.441 e. The van der Waals surface area contributed by atoms with Crippen molar-refractivity contribution in [1.82, 2.24) is 19.6 Å². The number of hydrogen-bond donors (Lipinski definition) is 0. The fraction of sp³-hybridized carbons (Fsp3) is 0.308. The normalized spacial score (nSPS) is 11.6. The van der Waals surface area contributed by atoms with Gasteiger partial charge >= 0.3 is 0 Å². The van der Waals surface area contributed by atoms with E-state index in [2.05, 4.69) is 28.9 Å². The van der Waals surface area contributed by atoms with E-state index >= 15 is 0 Å². The number of fused-ring (bicyclic) bond motifs is 1. The van der Waals surface area contributed by atoms with Crippen LogP contribution >= 0.6 is 11.6 Å². The van der Waals surface area contributed by atoms with E-state index < -0.39 is 0 Å². The SMILES string of the molecule is Cc1cnc(-c2cn3ncnc(Cl)c3c2C(C)C)o1. The van der Waals surface area contributed by atoms with Crippen LogP contribution in [0.15, 0.2) is 23.1 Å². The third-order valence-corrected chi connectivity index (χ3v) is 3.27. The van der Waals surface area contributed by atoms with Crippen LogP contribution in [-0.2, 0) is 0 Å². The van der Waals surface area contributed by atoms with E-state index in [1.54, 1.807) is 10.7 Å². The quantitative estimate of drug-likeness (QED) is 0.719. The summed E-state index contributed by atoms with van der Waals surface area (Å²) in [4.78, 5) is 8.33. The zero-order valence-electron chi connectivity index (χ0n) is 10.9. The number of halogens is 1. The van der Waals surface area contributed by atoms with Gasteiger partial charge in [0, 0.05) is 6.20 Å². The van der Waals surface area contributed by atoms with E-state index in [4.69, 9.17) is 16.0 Å². The average molecular weight is 277 g/mol. The molecular weight excluding hydrogens is 264 g/mol. The summed E-state index contributed by atoms with van der Waals surface area (Å²) in [5.74, 6) is 1.62. The zero-order valence-corrected chi connectivity index (χ0v) is 11.6. The van der Waals surface area contributed by atoms with E-state index in [-0.39, 0.29) is 5.92 Å². The van der Waals surface area contributed by atoms with Crippen LogP contribution in [0.5, 0.6) is 0 Å². The van der Waals surface area contributed by atoms with Gasteiger partial charge < -0.3 is 4.42 Å². The number of aryl methyl sites for hydroxylation is 1. The summed E-state index contributed by atoms with van der Waals surface area (Å²) in [7, 11) is 0. The molecule has 0 N–H and O–H groups in total. The van der Waals surface area contributed by atoms with E-state index in [0.29, 0.717) is 11.0 Å². The molecule has 0 spiro atoms. The van der Waals surface area contributed by atoms with Crippen molar-refractivity contribution >= 4 is 17.1 Å². The summed E-state index contributed by atoms with van der Waals surface area (Å²) in [6.45, 7) is 6.06. The molecule has 0 aliphatic heterocycles. The minimum atomic E-state index is 0.260. The highest BCUT2D eigenvalue weighted by Gasteiger charge is 2.21. The Balaban J connectivity index is 2.36. The topological polar surface area (TPSA) is 56.2 Å². The highest BCUT2D eigenvalue weighted by molar-refractivity contribution is 6.32. The Morgan fingerprint density at radius 3 is 2.74 bits per heavy atom. The summed E-state index contributed by atoms with van der Waals surface area (Å²) in [6.07, 6.45) is 5.02.